The number of hydrogen-bond acceptors (Lipinski definition) is 6. The molecule has 166 valence electrons. The summed E-state index contributed by atoms with van der Waals surface area (Å²) in [6.45, 7) is 6.38. The Labute approximate surface area is 190 Å². The molecule has 0 unspecified atom stereocenters. The van der Waals surface area contributed by atoms with Crippen LogP contribution in [0.25, 0.3) is 22.4 Å². The number of rotatable bonds is 5. The number of hydrogen-bond donors (Lipinski definition) is 1. The lowest BCUT2D eigenvalue weighted by Crippen LogP contribution is -2.14. The predicted octanol–water partition coefficient (Wildman–Crippen LogP) is 4.05. The topological polar surface area (TPSA) is 104 Å². The number of carbonyl (C=O) groups is 1. The van der Waals surface area contributed by atoms with Crippen molar-refractivity contribution in [3.63, 3.8) is 0 Å². The number of nitrogens with one attached hydrogen (secondary N) is 1. The molecule has 33 heavy (non-hydrogen) atoms. The molecule has 0 saturated carbocycles. The maximum absolute atomic E-state index is 13.3. The van der Waals surface area contributed by atoms with Crippen molar-refractivity contribution in [2.75, 3.05) is 5.32 Å². The first-order valence-corrected chi connectivity index (χ1v) is 10.6. The number of amides is 1. The van der Waals surface area contributed by atoms with E-state index in [0.717, 1.165) is 11.3 Å². The minimum absolute atomic E-state index is 0.308. The van der Waals surface area contributed by atoms with Crippen LogP contribution in [0.3, 0.4) is 0 Å². The molecule has 0 saturated heterocycles. The average molecular weight is 441 g/mol. The fourth-order valence-electron chi connectivity index (χ4n) is 3.92. The molecule has 0 aliphatic rings. The third-order valence-electron chi connectivity index (χ3n) is 5.63. The molecule has 0 radical (unpaired) electrons. The van der Waals surface area contributed by atoms with Crippen LogP contribution >= 0.6 is 0 Å². The summed E-state index contributed by atoms with van der Waals surface area (Å²) in [6.07, 6.45) is 3.71. The number of pyridine rings is 1. The third-order valence-corrected chi connectivity index (χ3v) is 5.63. The number of nitrogens with zero attached hydrogens (tertiary/aromatic N) is 6. The van der Waals surface area contributed by atoms with Crippen molar-refractivity contribution in [2.24, 2.45) is 7.05 Å². The molecule has 0 atom stereocenters. The third kappa shape index (κ3) is 3.89. The van der Waals surface area contributed by atoms with Gasteiger partial charge in [-0.05, 0) is 38.0 Å². The van der Waals surface area contributed by atoms with Gasteiger partial charge in [-0.3, -0.25) is 14.2 Å². The summed E-state index contributed by atoms with van der Waals surface area (Å²) in [5.74, 6) is 0.157. The van der Waals surface area contributed by atoms with E-state index in [4.69, 9.17) is 4.52 Å². The summed E-state index contributed by atoms with van der Waals surface area (Å²) in [5, 5.41) is 16.4. The second-order valence-corrected chi connectivity index (χ2v) is 8.08. The van der Waals surface area contributed by atoms with Crippen LogP contribution in [-0.2, 0) is 13.6 Å². The number of benzene rings is 1. The van der Waals surface area contributed by atoms with Gasteiger partial charge in [0.25, 0.3) is 11.6 Å². The van der Waals surface area contributed by atoms with Crippen LogP contribution in [0.15, 0.2) is 53.3 Å². The van der Waals surface area contributed by atoms with Gasteiger partial charge in [0.2, 0.25) is 0 Å². The fraction of sp³-hybridized carbons (Fsp3) is 0.208. The number of anilines is 1. The van der Waals surface area contributed by atoms with Gasteiger partial charge in [-0.1, -0.05) is 29.4 Å². The lowest BCUT2D eigenvalue weighted by atomic mass is 10.1. The second-order valence-electron chi connectivity index (χ2n) is 8.08. The lowest BCUT2D eigenvalue weighted by molar-refractivity contribution is 0.102. The highest BCUT2D eigenvalue weighted by atomic mass is 16.5. The highest BCUT2D eigenvalue weighted by molar-refractivity contribution is 6.12. The van der Waals surface area contributed by atoms with Crippen LogP contribution in [-0.4, -0.2) is 35.6 Å². The van der Waals surface area contributed by atoms with Crippen molar-refractivity contribution in [3.8, 4) is 11.3 Å². The van der Waals surface area contributed by atoms with Gasteiger partial charge in [-0.15, -0.1) is 0 Å². The molecule has 1 N–H and O–H groups in total. The van der Waals surface area contributed by atoms with Gasteiger partial charge in [0.15, 0.2) is 5.82 Å². The van der Waals surface area contributed by atoms with Gasteiger partial charge >= 0.3 is 0 Å². The van der Waals surface area contributed by atoms with Crippen LogP contribution in [0.4, 0.5) is 5.82 Å². The zero-order valence-corrected chi connectivity index (χ0v) is 18.8. The molecule has 0 aliphatic carbocycles. The van der Waals surface area contributed by atoms with Gasteiger partial charge in [0.05, 0.1) is 34.6 Å². The molecule has 5 rings (SSSR count). The number of fused-ring (bicyclic) bond motifs is 1. The first-order valence-electron chi connectivity index (χ1n) is 10.6. The largest absolute Gasteiger partial charge is 0.335 e. The molecule has 0 bridgehead atoms. The Bertz CT molecular complexity index is 1490. The van der Waals surface area contributed by atoms with E-state index >= 15 is 0 Å². The smallest absolute Gasteiger partial charge is 0.259 e. The number of aryl methyl sites for hydroxylation is 4. The van der Waals surface area contributed by atoms with Crippen molar-refractivity contribution in [3.05, 3.63) is 76.9 Å². The standard InChI is InChI=1S/C24H23N7O2/c1-14-7-5-6-8-17(14)12-31-10-9-21(28-31)26-23(32)18-11-20(19-13-30(4)27-15(19)2)25-24-22(18)16(3)29-33-24/h5-11,13H,12H2,1-4H3,(H,26,28,32). The molecule has 4 aromatic heterocycles. The SMILES string of the molecule is Cc1ccccc1Cn1ccc(NC(=O)c2cc(-c3cn(C)nc3C)nc3onc(C)c23)n1. The normalized spacial score (nSPS) is 11.3. The molecule has 4 heterocycles. The summed E-state index contributed by atoms with van der Waals surface area (Å²) in [6, 6.07) is 11.7. The van der Waals surface area contributed by atoms with Gasteiger partial charge in [0.1, 0.15) is 0 Å². The van der Waals surface area contributed by atoms with E-state index in [1.54, 1.807) is 28.4 Å². The molecule has 0 fully saturated rings. The van der Waals surface area contributed by atoms with Crippen LogP contribution < -0.4 is 5.32 Å². The quantitative estimate of drug-likeness (QED) is 0.441. The molecule has 1 amide bonds. The zero-order valence-electron chi connectivity index (χ0n) is 18.8. The highest BCUT2D eigenvalue weighted by Crippen LogP contribution is 2.29. The van der Waals surface area contributed by atoms with Crippen LogP contribution in [0.1, 0.15) is 32.9 Å². The zero-order chi connectivity index (χ0) is 23.1. The van der Waals surface area contributed by atoms with Crippen molar-refractivity contribution >= 4 is 22.8 Å². The van der Waals surface area contributed by atoms with E-state index in [-0.39, 0.29) is 5.91 Å². The summed E-state index contributed by atoms with van der Waals surface area (Å²) in [5.41, 5.74) is 5.92. The maximum atomic E-state index is 13.3. The summed E-state index contributed by atoms with van der Waals surface area (Å²) < 4.78 is 8.90. The maximum Gasteiger partial charge on any atom is 0.259 e. The average Bonchev–Trinajstić information content (AvgIpc) is 3.48. The van der Waals surface area contributed by atoms with E-state index in [9.17, 15) is 4.79 Å². The molecule has 5 aromatic rings. The summed E-state index contributed by atoms with van der Waals surface area (Å²) in [4.78, 5) is 17.9. The van der Waals surface area contributed by atoms with Gasteiger partial charge < -0.3 is 9.84 Å². The van der Waals surface area contributed by atoms with Gasteiger partial charge in [-0.2, -0.15) is 10.2 Å². The second kappa shape index (κ2) is 8.01. The van der Waals surface area contributed by atoms with E-state index in [0.29, 0.717) is 40.4 Å². The minimum atomic E-state index is -0.308. The lowest BCUT2D eigenvalue weighted by Gasteiger charge is -2.07. The number of aromatic nitrogens is 6. The Kier molecular flexibility index (Phi) is 5.01. The fourth-order valence-corrected chi connectivity index (χ4v) is 3.92. The van der Waals surface area contributed by atoms with Crippen LogP contribution in [0.2, 0.25) is 0 Å². The van der Waals surface area contributed by atoms with Crippen molar-refractivity contribution in [1.29, 1.82) is 0 Å². The predicted molar refractivity (Wildman–Crippen MR) is 124 cm³/mol. The Morgan fingerprint density at radius 3 is 2.67 bits per heavy atom. The molecule has 9 nitrogen and oxygen atoms in total. The van der Waals surface area contributed by atoms with E-state index in [2.05, 4.69) is 44.7 Å². The Balaban J connectivity index is 1.46. The molecule has 9 heteroatoms. The van der Waals surface area contributed by atoms with Gasteiger partial charge in [-0.25, -0.2) is 4.98 Å². The number of carbonyl (C=O) groups excluding carboxylic acids is 1. The molecule has 0 aliphatic heterocycles. The van der Waals surface area contributed by atoms with Crippen molar-refractivity contribution in [2.45, 2.75) is 27.3 Å². The summed E-state index contributed by atoms with van der Waals surface area (Å²) >= 11 is 0. The van der Waals surface area contributed by atoms with Gasteiger partial charge in [0, 0.05) is 31.1 Å². The first-order chi connectivity index (χ1) is 15.9. The molecule has 1 aromatic carbocycles. The van der Waals surface area contributed by atoms with Crippen LogP contribution in [0.5, 0.6) is 0 Å². The minimum Gasteiger partial charge on any atom is -0.335 e. The van der Waals surface area contributed by atoms with Crippen molar-refractivity contribution in [1.82, 2.24) is 29.7 Å². The Hall–Kier alpha value is -4.27. The summed E-state index contributed by atoms with van der Waals surface area (Å²) in [7, 11) is 1.84. The van der Waals surface area contributed by atoms with E-state index in [1.165, 1.54) is 11.1 Å². The highest BCUT2D eigenvalue weighted by Gasteiger charge is 2.21. The molecule has 0 spiro atoms. The van der Waals surface area contributed by atoms with Crippen molar-refractivity contribution < 1.29 is 9.32 Å². The van der Waals surface area contributed by atoms with E-state index < -0.39 is 0 Å². The Morgan fingerprint density at radius 1 is 1.09 bits per heavy atom. The molecular formula is C24H23N7O2. The van der Waals surface area contributed by atoms with Crippen LogP contribution in [0, 0.1) is 20.8 Å². The molecular weight excluding hydrogens is 418 g/mol. The van der Waals surface area contributed by atoms with E-state index in [1.807, 2.05) is 38.5 Å². The Morgan fingerprint density at radius 2 is 1.91 bits per heavy atom. The first kappa shape index (κ1) is 20.6. The monoisotopic (exact) mass is 441 g/mol.